The summed E-state index contributed by atoms with van der Waals surface area (Å²) in [4.78, 5) is 32.9. The Labute approximate surface area is 233 Å². The first-order chi connectivity index (χ1) is 19.3. The number of hydrogen-bond acceptors (Lipinski definition) is 6. The number of aromatic nitrogens is 2. The lowest BCUT2D eigenvalue weighted by atomic mass is 9.82. The molecule has 40 heavy (non-hydrogen) atoms. The molecule has 0 spiro atoms. The van der Waals surface area contributed by atoms with E-state index in [9.17, 15) is 19.8 Å². The van der Waals surface area contributed by atoms with Crippen LogP contribution >= 0.6 is 0 Å². The van der Waals surface area contributed by atoms with Crippen LogP contribution in [0.5, 0.6) is 6.01 Å². The largest absolute Gasteiger partial charge is 0.478 e. The number of aliphatic carboxylic acids is 1. The van der Waals surface area contributed by atoms with Gasteiger partial charge in [0.15, 0.2) is 0 Å². The van der Waals surface area contributed by atoms with Gasteiger partial charge in [-0.3, -0.25) is 0 Å². The molecule has 206 valence electrons. The van der Waals surface area contributed by atoms with E-state index in [0.29, 0.717) is 41.8 Å². The molecule has 1 aromatic heterocycles. The zero-order chi connectivity index (χ0) is 28.5. The molecule has 0 bridgehead atoms. The van der Waals surface area contributed by atoms with Crippen molar-refractivity contribution < 1.29 is 29.3 Å². The lowest BCUT2D eigenvalue weighted by Gasteiger charge is -2.38. The van der Waals surface area contributed by atoms with Crippen LogP contribution in [0, 0.1) is 13.8 Å². The van der Waals surface area contributed by atoms with Crippen molar-refractivity contribution in [3.63, 3.8) is 0 Å². The molecular weight excluding hydrogens is 508 g/mol. The molecule has 4 aromatic rings. The molecule has 2 atom stereocenters. The van der Waals surface area contributed by atoms with Gasteiger partial charge in [-0.25, -0.2) is 19.6 Å². The van der Waals surface area contributed by atoms with Crippen molar-refractivity contribution in [1.82, 2.24) is 9.97 Å². The van der Waals surface area contributed by atoms with Crippen LogP contribution in [0.15, 0.2) is 91.0 Å². The van der Waals surface area contributed by atoms with Crippen molar-refractivity contribution >= 4 is 11.9 Å². The first kappa shape index (κ1) is 28.4. The van der Waals surface area contributed by atoms with Gasteiger partial charge < -0.3 is 19.7 Å². The zero-order valence-corrected chi connectivity index (χ0v) is 22.5. The number of aromatic carboxylic acids is 1. The maximum atomic E-state index is 12.9. The van der Waals surface area contributed by atoms with E-state index in [-0.39, 0.29) is 18.2 Å². The van der Waals surface area contributed by atoms with Gasteiger partial charge in [-0.2, -0.15) is 0 Å². The van der Waals surface area contributed by atoms with Crippen molar-refractivity contribution in [2.75, 3.05) is 0 Å². The first-order valence-corrected chi connectivity index (χ1v) is 13.0. The van der Waals surface area contributed by atoms with Crippen LogP contribution in [0.2, 0.25) is 0 Å². The Hall–Kier alpha value is -4.56. The number of carboxylic acid groups (broad SMARTS) is 2. The highest BCUT2D eigenvalue weighted by atomic mass is 16.6. The summed E-state index contributed by atoms with van der Waals surface area (Å²) in [6.45, 7) is 3.61. The van der Waals surface area contributed by atoms with Crippen molar-refractivity contribution in [2.45, 2.75) is 51.4 Å². The van der Waals surface area contributed by atoms with E-state index in [4.69, 9.17) is 9.47 Å². The van der Waals surface area contributed by atoms with E-state index < -0.39 is 23.6 Å². The summed E-state index contributed by atoms with van der Waals surface area (Å²) in [6.07, 6.45) is 0.155. The van der Waals surface area contributed by atoms with Crippen LogP contribution in [-0.4, -0.2) is 38.2 Å². The molecule has 0 saturated heterocycles. The summed E-state index contributed by atoms with van der Waals surface area (Å²) in [5.74, 6) is -2.24. The molecule has 0 radical (unpaired) electrons. The molecule has 8 nitrogen and oxygen atoms in total. The number of hydrogen-bond donors (Lipinski definition) is 2. The number of nitrogens with zero attached hydrogens (tertiary/aromatic N) is 2. The van der Waals surface area contributed by atoms with Crippen molar-refractivity contribution in [3.05, 3.63) is 125 Å². The van der Waals surface area contributed by atoms with E-state index in [1.54, 1.807) is 32.0 Å². The van der Waals surface area contributed by atoms with Gasteiger partial charge in [0.1, 0.15) is 5.60 Å². The van der Waals surface area contributed by atoms with Crippen LogP contribution in [0.1, 0.15) is 51.3 Å². The normalized spacial score (nSPS) is 13.2. The van der Waals surface area contributed by atoms with Crippen LogP contribution in [0.3, 0.4) is 0 Å². The summed E-state index contributed by atoms with van der Waals surface area (Å²) in [6, 6.07) is 27.2. The minimum atomic E-state index is -1.48. The average Bonchev–Trinajstić information content (AvgIpc) is 2.94. The predicted molar refractivity (Wildman–Crippen MR) is 149 cm³/mol. The molecule has 8 heteroatoms. The second-order valence-electron chi connectivity index (χ2n) is 9.65. The first-order valence-electron chi connectivity index (χ1n) is 13.0. The smallest absolute Gasteiger partial charge is 0.348 e. The van der Waals surface area contributed by atoms with Crippen LogP contribution in [0.4, 0.5) is 0 Å². The maximum Gasteiger partial charge on any atom is 0.348 e. The Bertz CT molecular complexity index is 1410. The molecule has 0 aliphatic heterocycles. The van der Waals surface area contributed by atoms with Gasteiger partial charge in [0.25, 0.3) is 0 Å². The minimum Gasteiger partial charge on any atom is -0.478 e. The van der Waals surface area contributed by atoms with Gasteiger partial charge in [-0.1, -0.05) is 72.8 Å². The Morgan fingerprint density at radius 2 is 1.43 bits per heavy atom. The lowest BCUT2D eigenvalue weighted by molar-refractivity contribution is -0.176. The summed E-state index contributed by atoms with van der Waals surface area (Å²) in [7, 11) is 0. The summed E-state index contributed by atoms with van der Waals surface area (Å²) < 4.78 is 12.7. The number of ether oxygens (including phenoxy) is 2. The topological polar surface area (TPSA) is 119 Å². The Kier molecular flexibility index (Phi) is 9.24. The monoisotopic (exact) mass is 540 g/mol. The average molecular weight is 541 g/mol. The quantitative estimate of drug-likeness (QED) is 0.220. The molecular formula is C32H32N2O6. The fraction of sp³-hybridized carbons (Fsp3) is 0.250. The molecule has 1 heterocycles. The van der Waals surface area contributed by atoms with Crippen LogP contribution < -0.4 is 4.74 Å². The van der Waals surface area contributed by atoms with Gasteiger partial charge in [0, 0.05) is 11.4 Å². The highest BCUT2D eigenvalue weighted by Gasteiger charge is 2.48. The molecule has 0 saturated carbocycles. The Balaban J connectivity index is 1.75. The van der Waals surface area contributed by atoms with Gasteiger partial charge in [0.05, 0.1) is 12.2 Å². The zero-order valence-electron chi connectivity index (χ0n) is 22.5. The van der Waals surface area contributed by atoms with Gasteiger partial charge in [0.2, 0.25) is 6.10 Å². The Morgan fingerprint density at radius 3 is 2.00 bits per heavy atom. The van der Waals surface area contributed by atoms with E-state index in [2.05, 4.69) is 9.97 Å². The third kappa shape index (κ3) is 7.09. The lowest BCUT2D eigenvalue weighted by Crippen LogP contribution is -2.50. The molecule has 2 N–H and O–H groups in total. The number of carbonyl (C=O) groups is 2. The standard InChI is InChI=1S/C32H32N2O6/c1-22-20-23(2)34-31(33-22)40-28(30(37)38)32(27-13-7-4-8-14-27,19-9-12-24-10-5-3-6-11-24)39-21-25-15-17-26(18-16-25)29(35)36/h3-8,10-11,13-18,20,28H,9,12,19,21H2,1-2H3,(H,35,36)(H,37,38). The molecule has 0 aliphatic rings. The fourth-order valence-electron chi connectivity index (χ4n) is 4.73. The SMILES string of the molecule is Cc1cc(C)nc(OC(C(=O)O)C(CCCc2ccccc2)(OCc2ccc(C(=O)O)cc2)c2ccccc2)n1. The van der Waals surface area contributed by atoms with Crippen molar-refractivity contribution in [2.24, 2.45) is 0 Å². The van der Waals surface area contributed by atoms with Crippen LogP contribution in [-0.2, 0) is 28.2 Å². The summed E-state index contributed by atoms with van der Waals surface area (Å²) in [5.41, 5.74) is 2.50. The molecule has 2 unspecified atom stereocenters. The fourth-order valence-corrected chi connectivity index (χ4v) is 4.73. The molecule has 3 aromatic carbocycles. The molecule has 0 fully saturated rings. The second kappa shape index (κ2) is 13.0. The van der Waals surface area contributed by atoms with E-state index in [0.717, 1.165) is 5.56 Å². The van der Waals surface area contributed by atoms with Gasteiger partial charge in [-0.15, -0.1) is 0 Å². The Morgan fingerprint density at radius 1 is 0.825 bits per heavy atom. The summed E-state index contributed by atoms with van der Waals surface area (Å²) >= 11 is 0. The second-order valence-corrected chi connectivity index (χ2v) is 9.65. The summed E-state index contributed by atoms with van der Waals surface area (Å²) in [5, 5.41) is 19.8. The van der Waals surface area contributed by atoms with Crippen molar-refractivity contribution in [1.29, 1.82) is 0 Å². The number of benzene rings is 3. The molecule has 0 aliphatic carbocycles. The minimum absolute atomic E-state index is 0.0287. The number of carboxylic acids is 2. The molecule has 4 rings (SSSR count). The number of aryl methyl sites for hydroxylation is 3. The van der Waals surface area contributed by atoms with E-state index in [1.807, 2.05) is 60.7 Å². The number of rotatable bonds is 13. The molecule has 0 amide bonds. The van der Waals surface area contributed by atoms with E-state index >= 15 is 0 Å². The highest BCUT2D eigenvalue weighted by molar-refractivity contribution is 5.87. The van der Waals surface area contributed by atoms with Gasteiger partial charge >= 0.3 is 17.9 Å². The van der Waals surface area contributed by atoms with E-state index in [1.165, 1.54) is 12.1 Å². The highest BCUT2D eigenvalue weighted by Crippen LogP contribution is 2.38. The predicted octanol–water partition coefficient (Wildman–Crippen LogP) is 5.76. The third-order valence-corrected chi connectivity index (χ3v) is 6.65. The van der Waals surface area contributed by atoms with Crippen molar-refractivity contribution in [3.8, 4) is 6.01 Å². The van der Waals surface area contributed by atoms with Crippen LogP contribution in [0.25, 0.3) is 0 Å². The maximum absolute atomic E-state index is 12.9. The third-order valence-electron chi connectivity index (χ3n) is 6.65. The van der Waals surface area contributed by atoms with Gasteiger partial charge in [-0.05, 0) is 68.0 Å².